The summed E-state index contributed by atoms with van der Waals surface area (Å²) in [5, 5.41) is 15.5. The highest BCUT2D eigenvalue weighted by atomic mass is 35.5. The van der Waals surface area contributed by atoms with Crippen LogP contribution in [-0.4, -0.2) is 59.2 Å². The number of halogens is 2. The Hall–Kier alpha value is -0.500. The van der Waals surface area contributed by atoms with Gasteiger partial charge in [-0.05, 0) is 24.1 Å². The van der Waals surface area contributed by atoms with Crippen LogP contribution in [0.3, 0.4) is 0 Å². The van der Waals surface area contributed by atoms with Crippen LogP contribution in [0.25, 0.3) is 0 Å². The van der Waals surface area contributed by atoms with Gasteiger partial charge in [0, 0.05) is 43.4 Å². The zero-order valence-electron chi connectivity index (χ0n) is 13.4. The van der Waals surface area contributed by atoms with Gasteiger partial charge in [0.05, 0.1) is 12.1 Å². The molecule has 24 heavy (non-hydrogen) atoms. The molecule has 1 aromatic rings. The van der Waals surface area contributed by atoms with Crippen molar-refractivity contribution in [1.29, 1.82) is 0 Å². The Morgan fingerprint density at radius 3 is 2.75 bits per heavy atom. The molecule has 2 unspecified atom stereocenters. The molecule has 2 saturated heterocycles. The van der Waals surface area contributed by atoms with Crippen molar-refractivity contribution >= 4 is 48.2 Å². The summed E-state index contributed by atoms with van der Waals surface area (Å²) < 4.78 is 0. The molecule has 3 rings (SSSR count). The Kier molecular flexibility index (Phi) is 9.41. The maximum Gasteiger partial charge on any atom is 0.241 e. The third kappa shape index (κ3) is 6.10. The molecule has 0 bridgehead atoms. The molecule has 0 saturated carbocycles. The normalized spacial score (nSPS) is 23.9. The molecule has 5 nitrogen and oxygen atoms in total. The second kappa shape index (κ2) is 10.5. The van der Waals surface area contributed by atoms with Gasteiger partial charge >= 0.3 is 0 Å². The lowest BCUT2D eigenvalue weighted by Crippen LogP contribution is -2.35. The number of amides is 1. The maximum absolute atomic E-state index is 12.2. The summed E-state index contributed by atoms with van der Waals surface area (Å²) >= 11 is 2.01. The highest BCUT2D eigenvalue weighted by Gasteiger charge is 2.27. The topological polar surface area (TPSA) is 64.6 Å². The number of anilines is 1. The van der Waals surface area contributed by atoms with Gasteiger partial charge in [0.15, 0.2) is 0 Å². The van der Waals surface area contributed by atoms with Crippen LogP contribution in [0.1, 0.15) is 12.0 Å². The highest BCUT2D eigenvalue weighted by molar-refractivity contribution is 7.99. The fourth-order valence-corrected chi connectivity index (χ4v) is 3.89. The van der Waals surface area contributed by atoms with Crippen LogP contribution >= 0.6 is 36.6 Å². The lowest BCUT2D eigenvalue weighted by Gasteiger charge is -2.26. The number of carbonyl (C=O) groups is 1. The molecule has 2 aliphatic rings. The maximum atomic E-state index is 12.2. The standard InChI is InChI=1S/C16H23N3O2S.2ClH/c20-14-9-15(17-10-14)16(21)18-13-3-1-2-12(8-13)11-19-4-6-22-7-5-19;;/h1-3,8,14-15,17,20H,4-7,9-11H2,(H,18,21);2*1H. The molecule has 136 valence electrons. The van der Waals surface area contributed by atoms with Gasteiger partial charge in [0.25, 0.3) is 0 Å². The Labute approximate surface area is 159 Å². The molecule has 2 heterocycles. The lowest BCUT2D eigenvalue weighted by atomic mass is 10.1. The van der Waals surface area contributed by atoms with Gasteiger partial charge in [-0.2, -0.15) is 11.8 Å². The van der Waals surface area contributed by atoms with Crippen LogP contribution < -0.4 is 10.6 Å². The van der Waals surface area contributed by atoms with Gasteiger partial charge < -0.3 is 15.7 Å². The van der Waals surface area contributed by atoms with E-state index in [-0.39, 0.29) is 36.8 Å². The van der Waals surface area contributed by atoms with E-state index in [1.165, 1.54) is 17.1 Å². The molecular formula is C16H25Cl2N3O2S. The molecule has 3 N–H and O–H groups in total. The van der Waals surface area contributed by atoms with Gasteiger partial charge in [-0.15, -0.1) is 24.8 Å². The number of hydrogen-bond acceptors (Lipinski definition) is 5. The zero-order chi connectivity index (χ0) is 15.4. The van der Waals surface area contributed by atoms with Gasteiger partial charge in [0.1, 0.15) is 0 Å². The molecule has 1 amide bonds. The van der Waals surface area contributed by atoms with Crippen molar-refractivity contribution in [2.24, 2.45) is 0 Å². The molecule has 0 aromatic heterocycles. The van der Waals surface area contributed by atoms with Crippen molar-refractivity contribution in [2.45, 2.75) is 25.1 Å². The molecule has 1 aromatic carbocycles. The van der Waals surface area contributed by atoms with Crippen LogP contribution in [0.2, 0.25) is 0 Å². The predicted molar refractivity (Wildman–Crippen MR) is 105 cm³/mol. The summed E-state index contributed by atoms with van der Waals surface area (Å²) in [5.41, 5.74) is 2.06. The molecule has 0 radical (unpaired) electrons. The van der Waals surface area contributed by atoms with E-state index in [4.69, 9.17) is 0 Å². The Bertz CT molecular complexity index is 530. The van der Waals surface area contributed by atoms with Crippen LogP contribution in [0.15, 0.2) is 24.3 Å². The van der Waals surface area contributed by atoms with Crippen molar-refractivity contribution in [3.63, 3.8) is 0 Å². The van der Waals surface area contributed by atoms with Gasteiger partial charge in [-0.25, -0.2) is 0 Å². The number of aliphatic hydroxyl groups excluding tert-OH is 1. The highest BCUT2D eigenvalue weighted by Crippen LogP contribution is 2.17. The SMILES string of the molecule is Cl.Cl.O=C(Nc1cccc(CN2CCSCC2)c1)C1CC(O)CN1. The van der Waals surface area contributed by atoms with E-state index in [2.05, 4.69) is 21.6 Å². The largest absolute Gasteiger partial charge is 0.392 e. The number of carbonyl (C=O) groups excluding carboxylic acids is 1. The first-order chi connectivity index (χ1) is 10.7. The van der Waals surface area contributed by atoms with Crippen LogP contribution in [0, 0.1) is 0 Å². The summed E-state index contributed by atoms with van der Waals surface area (Å²) in [6.45, 7) is 3.69. The van der Waals surface area contributed by atoms with Gasteiger partial charge in [0.2, 0.25) is 5.91 Å². The van der Waals surface area contributed by atoms with E-state index in [0.717, 1.165) is 25.3 Å². The fourth-order valence-electron chi connectivity index (χ4n) is 2.91. The van der Waals surface area contributed by atoms with Crippen molar-refractivity contribution in [3.8, 4) is 0 Å². The Balaban J connectivity index is 0.00000144. The molecule has 0 aliphatic carbocycles. The Morgan fingerprint density at radius 1 is 1.33 bits per heavy atom. The summed E-state index contributed by atoms with van der Waals surface area (Å²) in [4.78, 5) is 14.6. The predicted octanol–water partition coefficient (Wildman–Crippen LogP) is 1.74. The van der Waals surface area contributed by atoms with Crippen molar-refractivity contribution in [2.75, 3.05) is 36.5 Å². The van der Waals surface area contributed by atoms with Crippen LogP contribution in [-0.2, 0) is 11.3 Å². The number of hydrogen-bond donors (Lipinski definition) is 3. The average molecular weight is 394 g/mol. The minimum Gasteiger partial charge on any atom is -0.392 e. The number of aliphatic hydroxyl groups is 1. The quantitative estimate of drug-likeness (QED) is 0.726. The van der Waals surface area contributed by atoms with Crippen molar-refractivity contribution < 1.29 is 9.90 Å². The van der Waals surface area contributed by atoms with E-state index in [1.54, 1.807) is 0 Å². The van der Waals surface area contributed by atoms with Gasteiger partial charge in [-0.3, -0.25) is 9.69 Å². The number of β-amino-alcohol motifs (C(OH)–C–C–N with tert-alkyl or cyclic N) is 1. The molecular weight excluding hydrogens is 369 g/mol. The minimum atomic E-state index is -0.418. The number of rotatable bonds is 4. The molecule has 8 heteroatoms. The molecule has 0 spiro atoms. The number of nitrogens with zero attached hydrogens (tertiary/aromatic N) is 1. The fraction of sp³-hybridized carbons (Fsp3) is 0.562. The summed E-state index contributed by atoms with van der Waals surface area (Å²) in [7, 11) is 0. The van der Waals surface area contributed by atoms with Crippen molar-refractivity contribution in [3.05, 3.63) is 29.8 Å². The first-order valence-electron chi connectivity index (χ1n) is 7.82. The second-order valence-corrected chi connectivity index (χ2v) is 7.15. The first kappa shape index (κ1) is 21.5. The third-order valence-electron chi connectivity index (χ3n) is 4.13. The van der Waals surface area contributed by atoms with E-state index < -0.39 is 6.10 Å². The average Bonchev–Trinajstić information content (AvgIpc) is 2.95. The van der Waals surface area contributed by atoms with Crippen LogP contribution in [0.4, 0.5) is 5.69 Å². The van der Waals surface area contributed by atoms with Crippen molar-refractivity contribution in [1.82, 2.24) is 10.2 Å². The van der Waals surface area contributed by atoms with Gasteiger partial charge in [-0.1, -0.05) is 12.1 Å². The van der Waals surface area contributed by atoms with E-state index in [1.807, 2.05) is 30.0 Å². The lowest BCUT2D eigenvalue weighted by molar-refractivity contribution is -0.117. The molecule has 2 aliphatic heterocycles. The molecule has 2 atom stereocenters. The smallest absolute Gasteiger partial charge is 0.241 e. The third-order valence-corrected chi connectivity index (χ3v) is 5.07. The number of thioether (sulfide) groups is 1. The summed E-state index contributed by atoms with van der Waals surface area (Å²) in [5.74, 6) is 2.33. The van der Waals surface area contributed by atoms with E-state index in [9.17, 15) is 9.90 Å². The Morgan fingerprint density at radius 2 is 2.08 bits per heavy atom. The van der Waals surface area contributed by atoms with E-state index in [0.29, 0.717) is 13.0 Å². The van der Waals surface area contributed by atoms with Crippen LogP contribution in [0.5, 0.6) is 0 Å². The molecule has 2 fully saturated rings. The minimum absolute atomic E-state index is 0. The number of benzene rings is 1. The second-order valence-electron chi connectivity index (χ2n) is 5.93. The van der Waals surface area contributed by atoms with E-state index >= 15 is 0 Å². The number of nitrogens with one attached hydrogen (secondary N) is 2. The first-order valence-corrected chi connectivity index (χ1v) is 8.97. The summed E-state index contributed by atoms with van der Waals surface area (Å²) in [6.07, 6.45) is 0.0656. The summed E-state index contributed by atoms with van der Waals surface area (Å²) in [6, 6.07) is 7.76. The zero-order valence-corrected chi connectivity index (χ0v) is 15.9. The monoisotopic (exact) mass is 393 g/mol.